The van der Waals surface area contributed by atoms with Crippen LogP contribution in [-0.4, -0.2) is 50.1 Å². The van der Waals surface area contributed by atoms with Crippen LogP contribution in [0.2, 0.25) is 0 Å². The lowest BCUT2D eigenvalue weighted by Crippen LogP contribution is -2.27. The van der Waals surface area contributed by atoms with Crippen molar-refractivity contribution in [2.75, 3.05) is 38.7 Å². The van der Waals surface area contributed by atoms with Crippen molar-refractivity contribution < 1.29 is 23.5 Å². The van der Waals surface area contributed by atoms with Crippen LogP contribution in [0.25, 0.3) is 17.0 Å². The van der Waals surface area contributed by atoms with Gasteiger partial charge in [-0.3, -0.25) is 9.59 Å². The SMILES string of the molecule is CCN(CC)CCOC(=O)/C=C/c1ccc2occ(C(=O)Nc3ccc(OC)cc3)c(=O)c2c1. The second-order valence-corrected chi connectivity index (χ2v) is 7.44. The fourth-order valence-electron chi connectivity index (χ4n) is 3.31. The zero-order valence-electron chi connectivity index (χ0n) is 19.5. The van der Waals surface area contributed by atoms with Crippen LogP contribution in [0.3, 0.4) is 0 Å². The maximum absolute atomic E-state index is 13.0. The van der Waals surface area contributed by atoms with Crippen molar-refractivity contribution in [3.05, 3.63) is 76.2 Å². The van der Waals surface area contributed by atoms with Crippen LogP contribution in [0, 0.1) is 0 Å². The number of benzene rings is 2. The zero-order valence-corrected chi connectivity index (χ0v) is 19.5. The molecule has 8 nitrogen and oxygen atoms in total. The number of nitrogens with one attached hydrogen (secondary N) is 1. The van der Waals surface area contributed by atoms with Crippen LogP contribution in [0.15, 0.2) is 64.0 Å². The smallest absolute Gasteiger partial charge is 0.330 e. The minimum absolute atomic E-state index is 0.125. The Balaban J connectivity index is 1.72. The van der Waals surface area contributed by atoms with E-state index in [1.165, 1.54) is 6.08 Å². The van der Waals surface area contributed by atoms with Gasteiger partial charge in [-0.1, -0.05) is 19.9 Å². The summed E-state index contributed by atoms with van der Waals surface area (Å²) >= 11 is 0. The van der Waals surface area contributed by atoms with Crippen LogP contribution in [-0.2, 0) is 9.53 Å². The summed E-state index contributed by atoms with van der Waals surface area (Å²) in [6, 6.07) is 11.6. The fourth-order valence-corrected chi connectivity index (χ4v) is 3.31. The second kappa shape index (κ2) is 11.8. The lowest BCUT2D eigenvalue weighted by Gasteiger charge is -2.16. The molecule has 178 valence electrons. The number of likely N-dealkylation sites (N-methyl/N-ethyl adjacent to an activating group) is 1. The Labute approximate surface area is 197 Å². The molecule has 1 N–H and O–H groups in total. The molecule has 0 radical (unpaired) electrons. The summed E-state index contributed by atoms with van der Waals surface area (Å²) in [7, 11) is 1.55. The molecule has 0 fully saturated rings. The number of amides is 1. The third kappa shape index (κ3) is 6.32. The third-order valence-corrected chi connectivity index (χ3v) is 5.35. The van der Waals surface area contributed by atoms with Gasteiger partial charge in [-0.25, -0.2) is 4.79 Å². The Morgan fingerprint density at radius 3 is 2.50 bits per heavy atom. The van der Waals surface area contributed by atoms with Gasteiger partial charge < -0.3 is 24.1 Å². The van der Waals surface area contributed by atoms with Gasteiger partial charge in [-0.05, 0) is 61.1 Å². The Morgan fingerprint density at radius 2 is 1.82 bits per heavy atom. The molecule has 0 saturated carbocycles. The highest BCUT2D eigenvalue weighted by Gasteiger charge is 2.15. The summed E-state index contributed by atoms with van der Waals surface area (Å²) in [6.07, 6.45) is 4.01. The molecule has 3 aromatic rings. The zero-order chi connectivity index (χ0) is 24.5. The van der Waals surface area contributed by atoms with Crippen LogP contribution < -0.4 is 15.5 Å². The number of esters is 1. The van der Waals surface area contributed by atoms with E-state index in [-0.39, 0.29) is 10.9 Å². The number of fused-ring (bicyclic) bond motifs is 1. The van der Waals surface area contributed by atoms with E-state index in [9.17, 15) is 14.4 Å². The van der Waals surface area contributed by atoms with Gasteiger partial charge in [0.15, 0.2) is 0 Å². The first-order valence-electron chi connectivity index (χ1n) is 11.0. The molecule has 2 aromatic carbocycles. The van der Waals surface area contributed by atoms with E-state index in [0.717, 1.165) is 19.4 Å². The molecule has 0 atom stereocenters. The number of carbonyl (C=O) groups is 2. The van der Waals surface area contributed by atoms with Gasteiger partial charge in [-0.2, -0.15) is 0 Å². The fraction of sp³-hybridized carbons (Fsp3) is 0.269. The number of hydrogen-bond donors (Lipinski definition) is 1. The van der Waals surface area contributed by atoms with Crippen molar-refractivity contribution in [3.8, 4) is 5.75 Å². The minimum atomic E-state index is -0.585. The molecule has 3 rings (SSSR count). The summed E-state index contributed by atoms with van der Waals surface area (Å²) < 4.78 is 15.8. The Kier molecular flexibility index (Phi) is 8.59. The van der Waals surface area contributed by atoms with Crippen LogP contribution in [0.5, 0.6) is 5.75 Å². The van der Waals surface area contributed by atoms with Crippen molar-refractivity contribution >= 4 is 34.6 Å². The molecule has 34 heavy (non-hydrogen) atoms. The van der Waals surface area contributed by atoms with Crippen LogP contribution in [0.4, 0.5) is 5.69 Å². The number of ether oxygens (including phenoxy) is 2. The second-order valence-electron chi connectivity index (χ2n) is 7.44. The average molecular weight is 465 g/mol. The predicted octanol–water partition coefficient (Wildman–Crippen LogP) is 3.95. The molecule has 0 saturated heterocycles. The molecule has 0 aliphatic heterocycles. The number of nitrogens with zero attached hydrogens (tertiary/aromatic N) is 1. The van der Waals surface area contributed by atoms with Gasteiger partial charge in [0.1, 0.15) is 29.8 Å². The van der Waals surface area contributed by atoms with Gasteiger partial charge in [0.25, 0.3) is 5.91 Å². The molecule has 0 bridgehead atoms. The number of rotatable bonds is 10. The number of methoxy groups -OCH3 is 1. The summed E-state index contributed by atoms with van der Waals surface area (Å²) in [4.78, 5) is 39.7. The molecule has 0 unspecified atom stereocenters. The van der Waals surface area contributed by atoms with E-state index in [0.29, 0.717) is 35.7 Å². The Morgan fingerprint density at radius 1 is 1.09 bits per heavy atom. The van der Waals surface area contributed by atoms with Crippen molar-refractivity contribution in [2.45, 2.75) is 13.8 Å². The molecular formula is C26H28N2O6. The van der Waals surface area contributed by atoms with E-state index in [2.05, 4.69) is 24.1 Å². The van der Waals surface area contributed by atoms with Crippen molar-refractivity contribution in [3.63, 3.8) is 0 Å². The monoisotopic (exact) mass is 464 g/mol. The summed E-state index contributed by atoms with van der Waals surface area (Å²) in [5, 5.41) is 2.91. The Hall–Kier alpha value is -3.91. The first-order valence-corrected chi connectivity index (χ1v) is 11.0. The molecule has 1 heterocycles. The average Bonchev–Trinajstić information content (AvgIpc) is 2.86. The molecule has 0 spiro atoms. The molecule has 0 aliphatic rings. The van der Waals surface area contributed by atoms with Gasteiger partial charge >= 0.3 is 5.97 Å². The highest BCUT2D eigenvalue weighted by atomic mass is 16.5. The normalized spacial score (nSPS) is 11.2. The number of hydrogen-bond acceptors (Lipinski definition) is 7. The van der Waals surface area contributed by atoms with Crippen LogP contribution >= 0.6 is 0 Å². The summed E-state index contributed by atoms with van der Waals surface area (Å²) in [6.45, 7) is 6.86. The Bertz CT molecular complexity index is 1230. The summed E-state index contributed by atoms with van der Waals surface area (Å²) in [5.41, 5.74) is 0.865. The topological polar surface area (TPSA) is 98.1 Å². The number of carbonyl (C=O) groups excluding carboxylic acids is 2. The van der Waals surface area contributed by atoms with Crippen molar-refractivity contribution in [1.82, 2.24) is 4.90 Å². The van der Waals surface area contributed by atoms with Gasteiger partial charge in [0, 0.05) is 18.3 Å². The van der Waals surface area contributed by atoms with Gasteiger partial charge in [0.05, 0.1) is 12.5 Å². The predicted molar refractivity (Wildman–Crippen MR) is 131 cm³/mol. The highest BCUT2D eigenvalue weighted by molar-refractivity contribution is 6.05. The molecular weight excluding hydrogens is 436 g/mol. The quantitative estimate of drug-likeness (QED) is 0.358. The highest BCUT2D eigenvalue weighted by Crippen LogP contribution is 2.18. The van der Waals surface area contributed by atoms with E-state index < -0.39 is 17.3 Å². The van der Waals surface area contributed by atoms with E-state index in [4.69, 9.17) is 13.9 Å². The maximum Gasteiger partial charge on any atom is 0.330 e. The van der Waals surface area contributed by atoms with E-state index >= 15 is 0 Å². The van der Waals surface area contributed by atoms with E-state index in [1.807, 2.05) is 0 Å². The first-order chi connectivity index (χ1) is 16.4. The lowest BCUT2D eigenvalue weighted by molar-refractivity contribution is -0.138. The molecule has 0 aliphatic carbocycles. The molecule has 1 aromatic heterocycles. The lowest BCUT2D eigenvalue weighted by atomic mass is 10.1. The molecule has 1 amide bonds. The maximum atomic E-state index is 13.0. The third-order valence-electron chi connectivity index (χ3n) is 5.35. The van der Waals surface area contributed by atoms with E-state index in [1.54, 1.807) is 55.7 Å². The van der Waals surface area contributed by atoms with Crippen molar-refractivity contribution in [2.24, 2.45) is 0 Å². The summed E-state index contributed by atoms with van der Waals surface area (Å²) in [5.74, 6) is -0.401. The minimum Gasteiger partial charge on any atom is -0.497 e. The van der Waals surface area contributed by atoms with Crippen molar-refractivity contribution in [1.29, 1.82) is 0 Å². The largest absolute Gasteiger partial charge is 0.497 e. The first kappa shape index (κ1) is 24.7. The van der Waals surface area contributed by atoms with Gasteiger partial charge in [0.2, 0.25) is 5.43 Å². The number of anilines is 1. The van der Waals surface area contributed by atoms with Gasteiger partial charge in [-0.15, -0.1) is 0 Å². The van der Waals surface area contributed by atoms with Crippen LogP contribution in [0.1, 0.15) is 29.8 Å². The standard InChI is InChI=1S/C26H28N2O6/c1-4-28(5-2)14-15-33-24(29)13-7-18-6-12-23-21(16-18)25(30)22(17-34-23)26(31)27-19-8-10-20(32-3)11-9-19/h6-13,16-17H,4-5,14-15H2,1-3H3,(H,27,31)/b13-7+. The molecule has 8 heteroatoms.